The molecule has 0 fully saturated rings. The summed E-state index contributed by atoms with van der Waals surface area (Å²) in [6.07, 6.45) is 0.515. The Morgan fingerprint density at radius 1 is 1.33 bits per heavy atom. The van der Waals surface area contributed by atoms with Gasteiger partial charge in [0, 0.05) is 19.0 Å². The van der Waals surface area contributed by atoms with Gasteiger partial charge in [-0.15, -0.1) is 0 Å². The average Bonchev–Trinajstić information content (AvgIpc) is 2.56. The molecule has 0 aliphatic carbocycles. The fraction of sp³-hybridized carbons (Fsp3) is 0.357. The molecule has 96 valence electrons. The molecular formula is C14H17ClN2O. The zero-order valence-electron chi connectivity index (χ0n) is 10.9. The number of halogens is 1. The lowest BCUT2D eigenvalue weighted by molar-refractivity contribution is 0.295. The second-order valence-electron chi connectivity index (χ2n) is 4.52. The Balaban J connectivity index is 2.56. The van der Waals surface area contributed by atoms with Crippen LogP contribution in [0.2, 0.25) is 5.15 Å². The van der Waals surface area contributed by atoms with Crippen molar-refractivity contribution >= 4 is 11.6 Å². The van der Waals surface area contributed by atoms with Gasteiger partial charge in [-0.2, -0.15) is 0 Å². The number of aliphatic hydroxyl groups excluding tert-OH is 1. The van der Waals surface area contributed by atoms with Crippen molar-refractivity contribution < 1.29 is 5.11 Å². The molecule has 0 radical (unpaired) electrons. The van der Waals surface area contributed by atoms with Gasteiger partial charge in [0.1, 0.15) is 5.82 Å². The van der Waals surface area contributed by atoms with Gasteiger partial charge in [0.15, 0.2) is 5.15 Å². The Labute approximate surface area is 112 Å². The number of rotatable bonds is 3. The summed E-state index contributed by atoms with van der Waals surface area (Å²) in [6, 6.07) is 6.26. The molecule has 2 rings (SSSR count). The summed E-state index contributed by atoms with van der Waals surface area (Å²) in [5.74, 6) is 0.803. The maximum atomic E-state index is 9.01. The van der Waals surface area contributed by atoms with Crippen LogP contribution in [-0.2, 0) is 13.5 Å². The van der Waals surface area contributed by atoms with Crippen LogP contribution in [0.5, 0.6) is 0 Å². The number of benzene rings is 1. The molecule has 3 nitrogen and oxygen atoms in total. The molecule has 1 aromatic carbocycles. The Morgan fingerprint density at radius 2 is 2.06 bits per heavy atom. The van der Waals surface area contributed by atoms with E-state index in [1.807, 2.05) is 11.6 Å². The van der Waals surface area contributed by atoms with Crippen molar-refractivity contribution in [3.8, 4) is 11.3 Å². The molecule has 2 aromatic rings. The highest BCUT2D eigenvalue weighted by Crippen LogP contribution is 2.31. The number of aryl methyl sites for hydroxylation is 2. The monoisotopic (exact) mass is 264 g/mol. The highest BCUT2D eigenvalue weighted by molar-refractivity contribution is 6.32. The minimum Gasteiger partial charge on any atom is -0.396 e. The maximum Gasteiger partial charge on any atom is 0.155 e. The van der Waals surface area contributed by atoms with Crippen molar-refractivity contribution in [3.05, 3.63) is 40.3 Å². The minimum absolute atomic E-state index is 0.0769. The van der Waals surface area contributed by atoms with Crippen LogP contribution >= 0.6 is 11.6 Å². The van der Waals surface area contributed by atoms with Gasteiger partial charge in [-0.25, -0.2) is 4.98 Å². The molecule has 18 heavy (non-hydrogen) atoms. The molecular weight excluding hydrogens is 248 g/mol. The number of imidazole rings is 1. The number of aromatic nitrogens is 2. The Kier molecular flexibility index (Phi) is 3.73. The van der Waals surface area contributed by atoms with E-state index in [0.717, 1.165) is 17.1 Å². The first-order valence-corrected chi connectivity index (χ1v) is 6.32. The first-order chi connectivity index (χ1) is 8.54. The average molecular weight is 265 g/mol. The topological polar surface area (TPSA) is 38.1 Å². The van der Waals surface area contributed by atoms with Crippen LogP contribution in [0, 0.1) is 13.8 Å². The Hall–Kier alpha value is -1.32. The third-order valence-corrected chi connectivity index (χ3v) is 3.38. The van der Waals surface area contributed by atoms with E-state index in [9.17, 15) is 0 Å². The van der Waals surface area contributed by atoms with Crippen LogP contribution < -0.4 is 0 Å². The van der Waals surface area contributed by atoms with Crippen molar-refractivity contribution in [1.82, 2.24) is 9.55 Å². The highest BCUT2D eigenvalue weighted by atomic mass is 35.5. The van der Waals surface area contributed by atoms with E-state index in [0.29, 0.717) is 11.6 Å². The summed E-state index contributed by atoms with van der Waals surface area (Å²) in [4.78, 5) is 4.31. The maximum absolute atomic E-state index is 9.01. The molecule has 0 atom stereocenters. The van der Waals surface area contributed by atoms with E-state index in [2.05, 4.69) is 37.0 Å². The van der Waals surface area contributed by atoms with Gasteiger partial charge in [0.25, 0.3) is 0 Å². The smallest absolute Gasteiger partial charge is 0.155 e. The van der Waals surface area contributed by atoms with Gasteiger partial charge in [-0.3, -0.25) is 0 Å². The van der Waals surface area contributed by atoms with Crippen LogP contribution in [0.4, 0.5) is 0 Å². The number of hydrogen-bond donors (Lipinski definition) is 1. The number of aliphatic hydroxyl groups is 1. The standard InChI is InChI=1S/C14H17ClN2O/c1-9-4-5-11(10(2)8-9)13-14(15)16-12(6-7-18)17(13)3/h4-5,8,18H,6-7H2,1-3H3. The predicted molar refractivity (Wildman–Crippen MR) is 73.9 cm³/mol. The van der Waals surface area contributed by atoms with Gasteiger partial charge in [-0.1, -0.05) is 35.4 Å². The molecule has 4 heteroatoms. The van der Waals surface area contributed by atoms with E-state index in [1.54, 1.807) is 0 Å². The van der Waals surface area contributed by atoms with Crippen molar-refractivity contribution in [2.24, 2.45) is 7.05 Å². The summed E-state index contributed by atoms with van der Waals surface area (Å²) in [6.45, 7) is 4.21. The first kappa shape index (κ1) is 13.1. The van der Waals surface area contributed by atoms with Gasteiger partial charge >= 0.3 is 0 Å². The van der Waals surface area contributed by atoms with Crippen LogP contribution in [0.25, 0.3) is 11.3 Å². The molecule has 1 aromatic heterocycles. The fourth-order valence-corrected chi connectivity index (χ4v) is 2.53. The second-order valence-corrected chi connectivity index (χ2v) is 4.88. The SMILES string of the molecule is Cc1ccc(-c2c(Cl)nc(CCO)n2C)c(C)c1. The number of nitrogens with zero attached hydrogens (tertiary/aromatic N) is 2. The van der Waals surface area contributed by atoms with Crippen molar-refractivity contribution in [2.75, 3.05) is 6.61 Å². The lowest BCUT2D eigenvalue weighted by Gasteiger charge is -2.09. The molecule has 0 bridgehead atoms. The van der Waals surface area contributed by atoms with Crippen LogP contribution in [0.1, 0.15) is 17.0 Å². The quantitative estimate of drug-likeness (QED) is 0.926. The Morgan fingerprint density at radius 3 is 2.67 bits per heavy atom. The summed E-state index contributed by atoms with van der Waals surface area (Å²) >= 11 is 6.22. The second kappa shape index (κ2) is 5.12. The fourth-order valence-electron chi connectivity index (χ4n) is 2.20. The van der Waals surface area contributed by atoms with Gasteiger partial charge in [-0.05, 0) is 19.4 Å². The molecule has 0 spiro atoms. The molecule has 0 aliphatic rings. The third-order valence-electron chi connectivity index (χ3n) is 3.12. The summed E-state index contributed by atoms with van der Waals surface area (Å²) < 4.78 is 1.95. The summed E-state index contributed by atoms with van der Waals surface area (Å²) in [5.41, 5.74) is 4.41. The van der Waals surface area contributed by atoms with Crippen molar-refractivity contribution in [2.45, 2.75) is 20.3 Å². The van der Waals surface area contributed by atoms with E-state index in [4.69, 9.17) is 16.7 Å². The van der Waals surface area contributed by atoms with E-state index in [-0.39, 0.29) is 6.61 Å². The predicted octanol–water partition coefficient (Wildman–Crippen LogP) is 2.89. The van der Waals surface area contributed by atoms with Gasteiger partial charge in [0.2, 0.25) is 0 Å². The zero-order chi connectivity index (χ0) is 13.3. The molecule has 1 N–H and O–H groups in total. The van der Waals surface area contributed by atoms with Crippen molar-refractivity contribution in [1.29, 1.82) is 0 Å². The molecule has 0 aliphatic heterocycles. The Bertz CT molecular complexity index is 575. The van der Waals surface area contributed by atoms with Crippen molar-refractivity contribution in [3.63, 3.8) is 0 Å². The van der Waals surface area contributed by atoms with E-state index in [1.165, 1.54) is 11.1 Å². The normalized spacial score (nSPS) is 10.9. The zero-order valence-corrected chi connectivity index (χ0v) is 11.6. The summed E-state index contributed by atoms with van der Waals surface area (Å²) in [5, 5.41) is 9.50. The molecule has 1 heterocycles. The highest BCUT2D eigenvalue weighted by Gasteiger charge is 2.15. The van der Waals surface area contributed by atoms with Gasteiger partial charge < -0.3 is 9.67 Å². The van der Waals surface area contributed by atoms with E-state index >= 15 is 0 Å². The molecule has 0 saturated carbocycles. The van der Waals surface area contributed by atoms with Gasteiger partial charge in [0.05, 0.1) is 12.3 Å². The largest absolute Gasteiger partial charge is 0.396 e. The molecule has 0 saturated heterocycles. The lowest BCUT2D eigenvalue weighted by atomic mass is 10.0. The lowest BCUT2D eigenvalue weighted by Crippen LogP contribution is -2.02. The van der Waals surface area contributed by atoms with Crippen LogP contribution in [0.15, 0.2) is 18.2 Å². The summed E-state index contributed by atoms with van der Waals surface area (Å²) in [7, 11) is 1.93. The minimum atomic E-state index is 0.0769. The molecule has 0 amide bonds. The van der Waals surface area contributed by atoms with E-state index < -0.39 is 0 Å². The third kappa shape index (κ3) is 2.28. The number of hydrogen-bond acceptors (Lipinski definition) is 2. The van der Waals surface area contributed by atoms with Crippen LogP contribution in [0.3, 0.4) is 0 Å². The first-order valence-electron chi connectivity index (χ1n) is 5.94. The van der Waals surface area contributed by atoms with Crippen LogP contribution in [-0.4, -0.2) is 21.3 Å². The molecule has 0 unspecified atom stereocenters.